The molecule has 4 heteroatoms. The molecule has 0 N–H and O–H groups in total. The van der Waals surface area contributed by atoms with Gasteiger partial charge in [-0.25, -0.2) is 9.18 Å². The number of halogens is 1. The number of hydrogen-bond acceptors (Lipinski definition) is 2. The zero-order valence-electron chi connectivity index (χ0n) is 8.63. The summed E-state index contributed by atoms with van der Waals surface area (Å²) in [5.41, 5.74) is 0.561. The Labute approximate surface area is 82.5 Å². The second kappa shape index (κ2) is 4.26. The number of carbonyl (C=O) groups is 1. The molecule has 0 bridgehead atoms. The maximum absolute atomic E-state index is 13.6. The Morgan fingerprint density at radius 3 is 2.79 bits per heavy atom. The lowest BCUT2D eigenvalue weighted by Crippen LogP contribution is -2.09. The predicted octanol–water partition coefficient (Wildman–Crippen LogP) is 1.90. The molecule has 0 spiro atoms. The van der Waals surface area contributed by atoms with E-state index in [4.69, 9.17) is 0 Å². The summed E-state index contributed by atoms with van der Waals surface area (Å²) >= 11 is 0. The largest absolute Gasteiger partial charge is 0.464 e. The molecular formula is C10H14FNO2. The highest BCUT2D eigenvalue weighted by Crippen LogP contribution is 2.17. The lowest BCUT2D eigenvalue weighted by atomic mass is 10.2. The van der Waals surface area contributed by atoms with Gasteiger partial charge in [-0.05, 0) is 6.42 Å². The van der Waals surface area contributed by atoms with Gasteiger partial charge in [-0.15, -0.1) is 0 Å². The summed E-state index contributed by atoms with van der Waals surface area (Å²) in [6.07, 6.45) is 3.11. The number of aromatic nitrogens is 1. The molecule has 0 aliphatic heterocycles. The molecule has 0 saturated heterocycles. The maximum atomic E-state index is 13.6. The van der Waals surface area contributed by atoms with Crippen LogP contribution in [0.3, 0.4) is 0 Å². The second-order valence-corrected chi connectivity index (χ2v) is 3.17. The summed E-state index contributed by atoms with van der Waals surface area (Å²) < 4.78 is 19.6. The predicted molar refractivity (Wildman–Crippen MR) is 50.7 cm³/mol. The molecule has 0 atom stereocenters. The first-order chi connectivity index (χ1) is 6.61. The molecule has 1 aromatic heterocycles. The third kappa shape index (κ3) is 1.78. The van der Waals surface area contributed by atoms with Crippen LogP contribution in [0.15, 0.2) is 6.20 Å². The summed E-state index contributed by atoms with van der Waals surface area (Å²) in [4.78, 5) is 11.2. The highest BCUT2D eigenvalue weighted by atomic mass is 19.1. The van der Waals surface area contributed by atoms with Gasteiger partial charge >= 0.3 is 5.97 Å². The quantitative estimate of drug-likeness (QED) is 0.696. The summed E-state index contributed by atoms with van der Waals surface area (Å²) in [5, 5.41) is 0. The molecule has 0 fully saturated rings. The Morgan fingerprint density at radius 2 is 2.29 bits per heavy atom. The highest BCUT2D eigenvalue weighted by molar-refractivity contribution is 5.88. The highest BCUT2D eigenvalue weighted by Gasteiger charge is 2.20. The Bertz CT molecular complexity index is 344. The molecule has 14 heavy (non-hydrogen) atoms. The molecule has 0 aliphatic rings. The van der Waals surface area contributed by atoms with Gasteiger partial charge in [-0.1, -0.05) is 13.3 Å². The van der Waals surface area contributed by atoms with Crippen molar-refractivity contribution in [3.05, 3.63) is 23.3 Å². The molecule has 1 aromatic rings. The van der Waals surface area contributed by atoms with E-state index in [1.165, 1.54) is 11.7 Å². The van der Waals surface area contributed by atoms with Crippen LogP contribution in [0.1, 0.15) is 29.4 Å². The van der Waals surface area contributed by atoms with E-state index in [2.05, 4.69) is 4.74 Å². The van der Waals surface area contributed by atoms with E-state index in [0.717, 1.165) is 6.42 Å². The number of ether oxygens (including phenoxy) is 1. The van der Waals surface area contributed by atoms with Crippen LogP contribution < -0.4 is 0 Å². The average molecular weight is 199 g/mol. The Balaban J connectivity index is 3.11. The summed E-state index contributed by atoms with van der Waals surface area (Å²) in [6.45, 7) is 1.96. The van der Waals surface area contributed by atoms with Crippen LogP contribution in [0.4, 0.5) is 4.39 Å². The molecule has 0 aliphatic carbocycles. The number of aryl methyl sites for hydroxylation is 2. The number of hydrogen-bond donors (Lipinski definition) is 0. The van der Waals surface area contributed by atoms with Gasteiger partial charge in [-0.3, -0.25) is 0 Å². The Hall–Kier alpha value is -1.32. The van der Waals surface area contributed by atoms with E-state index in [-0.39, 0.29) is 5.69 Å². The zero-order chi connectivity index (χ0) is 10.7. The Morgan fingerprint density at radius 1 is 1.64 bits per heavy atom. The van der Waals surface area contributed by atoms with Gasteiger partial charge < -0.3 is 9.30 Å². The van der Waals surface area contributed by atoms with Gasteiger partial charge in [0.15, 0.2) is 11.5 Å². The van der Waals surface area contributed by atoms with Crippen molar-refractivity contribution in [1.29, 1.82) is 0 Å². The lowest BCUT2D eigenvalue weighted by molar-refractivity contribution is 0.0584. The zero-order valence-corrected chi connectivity index (χ0v) is 8.63. The minimum Gasteiger partial charge on any atom is -0.464 e. The van der Waals surface area contributed by atoms with Crippen LogP contribution in [0, 0.1) is 5.82 Å². The fraction of sp³-hybridized carbons (Fsp3) is 0.500. The molecule has 78 valence electrons. The molecule has 1 heterocycles. The van der Waals surface area contributed by atoms with Gasteiger partial charge in [0, 0.05) is 18.8 Å². The SMILES string of the molecule is CCCc1cn(C)c(C(=O)OC)c1F. The van der Waals surface area contributed by atoms with Gasteiger partial charge in [0.2, 0.25) is 0 Å². The average Bonchev–Trinajstić information content (AvgIpc) is 2.42. The minimum atomic E-state index is -0.632. The molecule has 0 saturated carbocycles. The molecule has 1 rings (SSSR count). The van der Waals surface area contributed by atoms with Crippen LogP contribution in [0.2, 0.25) is 0 Å². The van der Waals surface area contributed by atoms with Crippen molar-refractivity contribution >= 4 is 5.97 Å². The maximum Gasteiger partial charge on any atom is 0.357 e. The second-order valence-electron chi connectivity index (χ2n) is 3.17. The van der Waals surface area contributed by atoms with Gasteiger partial charge in [-0.2, -0.15) is 0 Å². The van der Waals surface area contributed by atoms with Gasteiger partial charge in [0.1, 0.15) is 0 Å². The fourth-order valence-electron chi connectivity index (χ4n) is 1.44. The number of esters is 1. The van der Waals surface area contributed by atoms with Crippen LogP contribution in [-0.2, 0) is 18.2 Å². The van der Waals surface area contributed by atoms with Crippen molar-refractivity contribution in [2.45, 2.75) is 19.8 Å². The summed E-state index contributed by atoms with van der Waals surface area (Å²) in [5.74, 6) is -1.09. The van der Waals surface area contributed by atoms with Crippen molar-refractivity contribution in [3.8, 4) is 0 Å². The van der Waals surface area contributed by atoms with E-state index >= 15 is 0 Å². The fourth-order valence-corrected chi connectivity index (χ4v) is 1.44. The van der Waals surface area contributed by atoms with Crippen LogP contribution in [-0.4, -0.2) is 17.6 Å². The lowest BCUT2D eigenvalue weighted by Gasteiger charge is -1.99. The molecular weight excluding hydrogens is 185 g/mol. The molecule has 0 aromatic carbocycles. The molecule has 0 unspecified atom stereocenters. The summed E-state index contributed by atoms with van der Waals surface area (Å²) in [6, 6.07) is 0. The first-order valence-corrected chi connectivity index (χ1v) is 4.53. The van der Waals surface area contributed by atoms with Crippen molar-refractivity contribution in [2.75, 3.05) is 7.11 Å². The molecule has 0 amide bonds. The molecule has 3 nitrogen and oxygen atoms in total. The van der Waals surface area contributed by atoms with Crippen molar-refractivity contribution in [1.82, 2.24) is 4.57 Å². The van der Waals surface area contributed by atoms with E-state index < -0.39 is 11.8 Å². The topological polar surface area (TPSA) is 31.2 Å². The van der Waals surface area contributed by atoms with Crippen LogP contribution in [0.25, 0.3) is 0 Å². The first-order valence-electron chi connectivity index (χ1n) is 4.53. The normalized spacial score (nSPS) is 10.3. The van der Waals surface area contributed by atoms with Crippen LogP contribution >= 0.6 is 0 Å². The number of methoxy groups -OCH3 is 1. The molecule has 0 radical (unpaired) electrons. The standard InChI is InChI=1S/C10H14FNO2/c1-4-5-7-6-12(2)9(8(7)11)10(13)14-3/h6H,4-5H2,1-3H3. The first kappa shape index (κ1) is 10.8. The number of carbonyl (C=O) groups excluding carboxylic acids is 1. The third-order valence-electron chi connectivity index (χ3n) is 2.09. The number of rotatable bonds is 3. The monoisotopic (exact) mass is 199 g/mol. The van der Waals surface area contributed by atoms with Crippen molar-refractivity contribution < 1.29 is 13.9 Å². The van der Waals surface area contributed by atoms with E-state index in [9.17, 15) is 9.18 Å². The van der Waals surface area contributed by atoms with E-state index in [1.807, 2.05) is 6.92 Å². The number of nitrogens with zero attached hydrogens (tertiary/aromatic N) is 1. The summed E-state index contributed by atoms with van der Waals surface area (Å²) in [7, 11) is 2.88. The van der Waals surface area contributed by atoms with Crippen LogP contribution in [0.5, 0.6) is 0 Å². The third-order valence-corrected chi connectivity index (χ3v) is 2.09. The van der Waals surface area contributed by atoms with Gasteiger partial charge in [0.25, 0.3) is 0 Å². The van der Waals surface area contributed by atoms with Crippen molar-refractivity contribution in [3.63, 3.8) is 0 Å². The smallest absolute Gasteiger partial charge is 0.357 e. The van der Waals surface area contributed by atoms with E-state index in [1.54, 1.807) is 13.2 Å². The van der Waals surface area contributed by atoms with Crippen molar-refractivity contribution in [2.24, 2.45) is 7.05 Å². The minimum absolute atomic E-state index is 0.00375. The van der Waals surface area contributed by atoms with Gasteiger partial charge in [0.05, 0.1) is 7.11 Å². The Kier molecular flexibility index (Phi) is 3.28. The van der Waals surface area contributed by atoms with E-state index in [0.29, 0.717) is 12.0 Å².